The van der Waals surface area contributed by atoms with Gasteiger partial charge < -0.3 is 4.10 Å². The van der Waals surface area contributed by atoms with Crippen LogP contribution in [-0.2, 0) is 14.2 Å². The van der Waals surface area contributed by atoms with Crippen molar-refractivity contribution in [3.8, 4) is 0 Å². The first-order valence-electron chi connectivity index (χ1n) is 4.64. The van der Waals surface area contributed by atoms with Gasteiger partial charge in [0.05, 0.1) is 0 Å². The van der Waals surface area contributed by atoms with Gasteiger partial charge in [-0.2, -0.15) is 21.6 Å². The average Bonchev–Trinajstić information content (AvgIpc) is 2.33. The Labute approximate surface area is 87.2 Å². The summed E-state index contributed by atoms with van der Waals surface area (Å²) in [5, 5.41) is 0. The molecule has 88 valence electrons. The van der Waals surface area contributed by atoms with Crippen molar-refractivity contribution < 1.29 is 25.7 Å². The first kappa shape index (κ1) is 12.8. The molecule has 0 aromatic carbocycles. The monoisotopic (exact) mass is 244 g/mol. The highest BCUT2D eigenvalue weighted by Crippen LogP contribution is 2.40. The fourth-order valence-corrected chi connectivity index (χ4v) is 2.59. The Kier molecular flexibility index (Phi) is 3.40. The molecule has 0 radical (unpaired) electrons. The zero-order valence-corrected chi connectivity index (χ0v) is 9.23. The van der Waals surface area contributed by atoms with E-state index in [1.54, 1.807) is 13.8 Å². The topological polar surface area (TPSA) is 43.4 Å². The number of hydrogen-bond acceptors (Lipinski definition) is 3. The second-order valence-electron chi connectivity index (χ2n) is 3.99. The van der Waals surface area contributed by atoms with Crippen LogP contribution < -0.4 is 0 Å². The van der Waals surface area contributed by atoms with Crippen LogP contribution in [0.5, 0.6) is 0 Å². The lowest BCUT2D eigenvalue weighted by Crippen LogP contribution is -2.34. The molecule has 0 aliphatic carbocycles. The molecule has 8 heteroatoms. The van der Waals surface area contributed by atoms with E-state index in [2.05, 4.69) is 4.10 Å². The Hall–Kier alpha value is -0.235. The lowest BCUT2D eigenvalue weighted by Gasteiger charge is -2.17. The quantitative estimate of drug-likeness (QED) is 0.553. The van der Waals surface area contributed by atoms with Gasteiger partial charge in [-0.3, -0.25) is 0 Å². The molecule has 0 aromatic rings. The third-order valence-corrected chi connectivity index (χ3v) is 3.76. The van der Waals surface area contributed by atoms with Crippen LogP contribution in [0.15, 0.2) is 0 Å². The highest BCUT2D eigenvalue weighted by molar-refractivity contribution is 7.88. The number of alkyl halides is 3. The molecule has 2 atom stereocenters. The maximum Gasteiger partial charge on any atom is 0.521 e. The van der Waals surface area contributed by atoms with Crippen molar-refractivity contribution in [1.82, 2.24) is 0 Å². The summed E-state index contributed by atoms with van der Waals surface area (Å²) in [6, 6.07) is 0. The van der Waals surface area contributed by atoms with Crippen molar-refractivity contribution in [2.45, 2.75) is 43.8 Å². The smallest absolute Gasteiger partial charge is 0.326 e. The largest absolute Gasteiger partial charge is 0.521 e. The zero-order valence-electron chi connectivity index (χ0n) is 8.41. The molecule has 0 N–H and O–H groups in total. The Bertz CT molecular complexity index is 317. The molecule has 0 spiro atoms. The van der Waals surface area contributed by atoms with Crippen molar-refractivity contribution in [2.75, 3.05) is 0 Å². The van der Waals surface area contributed by atoms with E-state index >= 15 is 0 Å². The highest BCUT2D eigenvalue weighted by Gasteiger charge is 2.51. The maximum atomic E-state index is 12.0. The average molecular weight is 244 g/mol. The molecule has 1 rings (SSSR count). The first-order chi connectivity index (χ1) is 6.65. The van der Waals surface area contributed by atoms with E-state index in [1.165, 1.54) is 0 Å². The van der Waals surface area contributed by atoms with E-state index in [4.69, 9.17) is 0 Å². The molecule has 0 amide bonds. The molecule has 1 aliphatic heterocycles. The van der Waals surface area contributed by atoms with Crippen molar-refractivity contribution in [1.29, 1.82) is 0 Å². The Morgan fingerprint density at radius 2 is 1.60 bits per heavy atom. The van der Waals surface area contributed by atoms with Gasteiger partial charge >= 0.3 is 22.5 Å². The Morgan fingerprint density at radius 1 is 1.20 bits per heavy atom. The van der Waals surface area contributed by atoms with Crippen LogP contribution in [0.3, 0.4) is 0 Å². The number of halogens is 3. The fourth-order valence-electron chi connectivity index (χ4n) is 1.81. The van der Waals surface area contributed by atoms with E-state index in [1.807, 2.05) is 0 Å². The minimum atomic E-state index is -5.45. The number of rotatable bonds is 2. The van der Waals surface area contributed by atoms with Crippen LogP contribution >= 0.6 is 0 Å². The zero-order chi connectivity index (χ0) is 11.9. The van der Waals surface area contributed by atoms with Crippen LogP contribution in [-0.4, -0.2) is 20.8 Å². The molecule has 1 fully saturated rings. The van der Waals surface area contributed by atoms with Crippen LogP contribution in [0.2, 0.25) is 11.6 Å². The second kappa shape index (κ2) is 3.97. The van der Waals surface area contributed by atoms with Gasteiger partial charge in [0.15, 0.2) is 0 Å². The molecule has 15 heavy (non-hydrogen) atoms. The van der Waals surface area contributed by atoms with Crippen LogP contribution in [0, 0.1) is 0 Å². The number of hydrogen-bond donors (Lipinski definition) is 0. The lowest BCUT2D eigenvalue weighted by atomic mass is 9.54. The SMILES string of the molecule is C[C@@H]1CC[C@@H](C)B1OS(=O)(=O)C(F)(F)F. The summed E-state index contributed by atoms with van der Waals surface area (Å²) in [6.07, 6.45) is 1.39. The van der Waals surface area contributed by atoms with E-state index in [0.29, 0.717) is 12.8 Å². The maximum absolute atomic E-state index is 12.0. The van der Waals surface area contributed by atoms with Crippen LogP contribution in [0.4, 0.5) is 13.2 Å². The molecule has 1 saturated heterocycles. The lowest BCUT2D eigenvalue weighted by molar-refractivity contribution is -0.0502. The first-order valence-corrected chi connectivity index (χ1v) is 6.05. The van der Waals surface area contributed by atoms with Gasteiger partial charge in [0.25, 0.3) is 0 Å². The Morgan fingerprint density at radius 3 is 1.93 bits per heavy atom. The molecular weight excluding hydrogens is 232 g/mol. The van der Waals surface area contributed by atoms with Crippen molar-refractivity contribution in [3.63, 3.8) is 0 Å². The Balaban J connectivity index is 2.78. The molecule has 1 heterocycles. The van der Waals surface area contributed by atoms with Gasteiger partial charge in [-0.05, 0) is 11.6 Å². The molecule has 0 unspecified atom stereocenters. The van der Waals surface area contributed by atoms with Crippen molar-refractivity contribution in [2.24, 2.45) is 0 Å². The fraction of sp³-hybridized carbons (Fsp3) is 1.00. The van der Waals surface area contributed by atoms with E-state index < -0.39 is 22.5 Å². The van der Waals surface area contributed by atoms with Crippen LogP contribution in [0.1, 0.15) is 26.7 Å². The molecular formula is C7H12BF3O3S. The van der Waals surface area contributed by atoms with Gasteiger partial charge in [-0.1, -0.05) is 26.7 Å². The van der Waals surface area contributed by atoms with Crippen molar-refractivity contribution in [3.05, 3.63) is 0 Å². The predicted molar refractivity (Wildman–Crippen MR) is 49.9 cm³/mol. The third kappa shape index (κ3) is 2.66. The molecule has 0 saturated carbocycles. The summed E-state index contributed by atoms with van der Waals surface area (Å²) in [4.78, 5) is 0. The molecule has 3 nitrogen and oxygen atoms in total. The van der Waals surface area contributed by atoms with E-state index in [9.17, 15) is 21.6 Å². The normalized spacial score (nSPS) is 28.5. The summed E-state index contributed by atoms with van der Waals surface area (Å²) < 4.78 is 61.8. The van der Waals surface area contributed by atoms with Gasteiger partial charge in [0.2, 0.25) is 0 Å². The van der Waals surface area contributed by atoms with Gasteiger partial charge in [-0.15, -0.1) is 0 Å². The summed E-state index contributed by atoms with van der Waals surface area (Å²) in [6.45, 7) is 2.54. The van der Waals surface area contributed by atoms with E-state index in [-0.39, 0.29) is 11.6 Å². The van der Waals surface area contributed by atoms with Gasteiger partial charge in [-0.25, -0.2) is 0 Å². The standard InChI is InChI=1S/C7H12BF3O3S/c1-5-3-4-6(2)8(5)14-15(12,13)7(9,10)11/h5-6H,3-4H2,1-2H3/t5-,6-/m1/s1. The minimum Gasteiger partial charge on any atom is -0.326 e. The second-order valence-corrected chi connectivity index (χ2v) is 5.56. The minimum absolute atomic E-state index is 0.155. The molecule has 0 aromatic heterocycles. The summed E-state index contributed by atoms with van der Waals surface area (Å²) in [7, 11) is -5.45. The summed E-state index contributed by atoms with van der Waals surface area (Å²) >= 11 is 0. The summed E-state index contributed by atoms with van der Waals surface area (Å²) in [5.41, 5.74) is -5.32. The molecule has 1 aliphatic rings. The van der Waals surface area contributed by atoms with Gasteiger partial charge in [0.1, 0.15) is 0 Å². The van der Waals surface area contributed by atoms with Gasteiger partial charge in [0, 0.05) is 0 Å². The third-order valence-electron chi connectivity index (χ3n) is 2.72. The van der Waals surface area contributed by atoms with Crippen molar-refractivity contribution >= 4 is 17.0 Å². The van der Waals surface area contributed by atoms with E-state index in [0.717, 1.165) is 0 Å². The highest BCUT2D eigenvalue weighted by atomic mass is 32.2. The summed E-state index contributed by atoms with van der Waals surface area (Å²) in [5.74, 6) is -0.311. The predicted octanol–water partition coefficient (Wildman–Crippen LogP) is 2.42. The van der Waals surface area contributed by atoms with Crippen LogP contribution in [0.25, 0.3) is 0 Å². The molecule has 0 bridgehead atoms.